The van der Waals surface area contributed by atoms with E-state index in [0.717, 1.165) is 16.7 Å². The van der Waals surface area contributed by atoms with E-state index in [2.05, 4.69) is 10.6 Å². The molecule has 0 aliphatic heterocycles. The topological polar surface area (TPSA) is 58.2 Å². The van der Waals surface area contributed by atoms with Crippen LogP contribution in [0.5, 0.6) is 0 Å². The third kappa shape index (κ3) is 4.93. The average Bonchev–Trinajstić information content (AvgIpc) is 2.82. The van der Waals surface area contributed by atoms with Crippen LogP contribution in [0, 0.1) is 6.92 Å². The second-order valence-electron chi connectivity index (χ2n) is 7.61. The number of hydrogen-bond acceptors (Lipinski definition) is 2. The number of aryl methyl sites for hydroxylation is 1. The summed E-state index contributed by atoms with van der Waals surface area (Å²) in [5.74, 6) is -0.968. The van der Waals surface area contributed by atoms with Crippen molar-refractivity contribution in [3.8, 4) is 0 Å². The fraction of sp³-hybridized carbons (Fsp3) is 0.0714. The van der Waals surface area contributed by atoms with Crippen molar-refractivity contribution in [1.82, 2.24) is 0 Å². The highest BCUT2D eigenvalue weighted by Gasteiger charge is 2.24. The van der Waals surface area contributed by atoms with E-state index in [-0.39, 0.29) is 11.8 Å². The average molecular weight is 421 g/mol. The number of hydrogen-bond donors (Lipinski definition) is 2. The number of amides is 2. The van der Waals surface area contributed by atoms with Gasteiger partial charge in [-0.15, -0.1) is 0 Å². The molecule has 0 aliphatic rings. The highest BCUT2D eigenvalue weighted by Crippen LogP contribution is 2.27. The number of carbonyl (C=O) groups is 2. The van der Waals surface area contributed by atoms with Crippen LogP contribution in [0.3, 0.4) is 0 Å². The first kappa shape index (κ1) is 21.1. The summed E-state index contributed by atoms with van der Waals surface area (Å²) in [6.07, 6.45) is 0. The highest BCUT2D eigenvalue weighted by molar-refractivity contribution is 6.11. The van der Waals surface area contributed by atoms with Crippen LogP contribution < -0.4 is 10.6 Å². The summed E-state index contributed by atoms with van der Waals surface area (Å²) in [5, 5.41) is 5.89. The molecule has 158 valence electrons. The summed E-state index contributed by atoms with van der Waals surface area (Å²) in [6, 6.07) is 33.9. The third-order valence-electron chi connectivity index (χ3n) is 5.27. The van der Waals surface area contributed by atoms with Crippen molar-refractivity contribution in [2.45, 2.75) is 12.8 Å². The van der Waals surface area contributed by atoms with Crippen molar-refractivity contribution >= 4 is 23.2 Å². The molecular weight excluding hydrogens is 396 g/mol. The van der Waals surface area contributed by atoms with Gasteiger partial charge in [0.25, 0.3) is 5.91 Å². The number of nitrogens with one attached hydrogen (secondary N) is 2. The lowest BCUT2D eigenvalue weighted by molar-refractivity contribution is -0.116. The Morgan fingerprint density at radius 1 is 0.625 bits per heavy atom. The van der Waals surface area contributed by atoms with E-state index in [1.54, 1.807) is 24.3 Å². The number of carbonyl (C=O) groups excluding carboxylic acids is 2. The van der Waals surface area contributed by atoms with Gasteiger partial charge < -0.3 is 10.6 Å². The van der Waals surface area contributed by atoms with Gasteiger partial charge in [0.1, 0.15) is 0 Å². The maximum atomic E-state index is 13.4. The van der Waals surface area contributed by atoms with Crippen molar-refractivity contribution in [2.24, 2.45) is 0 Å². The smallest absolute Gasteiger partial charge is 0.257 e. The Morgan fingerprint density at radius 2 is 1.16 bits per heavy atom. The SMILES string of the molecule is Cc1ccc(NC(=O)c2ccccc2NC(=O)C(c2ccccc2)c2ccccc2)cc1. The first-order chi connectivity index (χ1) is 15.6. The number of benzene rings is 4. The normalized spacial score (nSPS) is 10.6. The van der Waals surface area contributed by atoms with Gasteiger partial charge in [-0.2, -0.15) is 0 Å². The lowest BCUT2D eigenvalue weighted by Crippen LogP contribution is -2.24. The highest BCUT2D eigenvalue weighted by atomic mass is 16.2. The zero-order valence-corrected chi connectivity index (χ0v) is 17.8. The monoisotopic (exact) mass is 420 g/mol. The summed E-state index contributed by atoms with van der Waals surface area (Å²) in [7, 11) is 0. The number of rotatable bonds is 6. The molecule has 2 amide bonds. The van der Waals surface area contributed by atoms with Gasteiger partial charge in [0.05, 0.1) is 17.2 Å². The summed E-state index contributed by atoms with van der Waals surface area (Å²) in [4.78, 5) is 26.4. The minimum Gasteiger partial charge on any atom is -0.325 e. The number of para-hydroxylation sites is 1. The maximum Gasteiger partial charge on any atom is 0.257 e. The largest absolute Gasteiger partial charge is 0.325 e. The molecule has 0 spiro atoms. The Morgan fingerprint density at radius 3 is 1.75 bits per heavy atom. The molecular formula is C28H24N2O2. The Hall–Kier alpha value is -4.18. The zero-order valence-electron chi connectivity index (χ0n) is 17.8. The van der Waals surface area contributed by atoms with E-state index in [9.17, 15) is 9.59 Å². The van der Waals surface area contributed by atoms with Crippen molar-refractivity contribution in [3.63, 3.8) is 0 Å². The summed E-state index contributed by atoms with van der Waals surface area (Å²) >= 11 is 0. The fourth-order valence-corrected chi connectivity index (χ4v) is 3.62. The Labute approximate surface area is 187 Å². The minimum absolute atomic E-state index is 0.196. The van der Waals surface area contributed by atoms with Gasteiger partial charge in [-0.3, -0.25) is 9.59 Å². The molecule has 0 saturated carbocycles. The molecule has 0 saturated heterocycles. The maximum absolute atomic E-state index is 13.4. The molecule has 0 radical (unpaired) electrons. The Balaban J connectivity index is 1.61. The van der Waals surface area contributed by atoms with Gasteiger partial charge in [-0.25, -0.2) is 0 Å². The van der Waals surface area contributed by atoms with Gasteiger partial charge in [0.15, 0.2) is 0 Å². The lowest BCUT2D eigenvalue weighted by Gasteiger charge is -2.19. The molecule has 32 heavy (non-hydrogen) atoms. The van der Waals surface area contributed by atoms with E-state index in [1.165, 1.54) is 0 Å². The fourth-order valence-electron chi connectivity index (χ4n) is 3.62. The van der Waals surface area contributed by atoms with Gasteiger partial charge in [-0.1, -0.05) is 90.5 Å². The molecule has 4 aromatic rings. The van der Waals surface area contributed by atoms with Gasteiger partial charge in [0.2, 0.25) is 5.91 Å². The van der Waals surface area contributed by atoms with Crippen molar-refractivity contribution in [2.75, 3.05) is 10.6 Å². The van der Waals surface area contributed by atoms with E-state index in [1.807, 2.05) is 91.9 Å². The van der Waals surface area contributed by atoms with Crippen molar-refractivity contribution in [3.05, 3.63) is 131 Å². The minimum atomic E-state index is -0.495. The third-order valence-corrected chi connectivity index (χ3v) is 5.27. The number of anilines is 2. The molecule has 0 aromatic heterocycles. The van der Waals surface area contributed by atoms with E-state index < -0.39 is 5.92 Å². The van der Waals surface area contributed by atoms with Crippen LogP contribution in [-0.2, 0) is 4.79 Å². The predicted octanol–water partition coefficient (Wildman–Crippen LogP) is 6.02. The zero-order chi connectivity index (χ0) is 22.3. The van der Waals surface area contributed by atoms with Crippen LogP contribution in [0.25, 0.3) is 0 Å². The second kappa shape index (κ2) is 9.75. The van der Waals surface area contributed by atoms with Gasteiger partial charge in [-0.05, 0) is 42.3 Å². The van der Waals surface area contributed by atoms with Gasteiger partial charge in [0, 0.05) is 5.69 Å². The van der Waals surface area contributed by atoms with Gasteiger partial charge >= 0.3 is 0 Å². The standard InChI is InChI=1S/C28H24N2O2/c1-20-16-18-23(19-17-20)29-27(31)24-14-8-9-15-25(24)30-28(32)26(21-10-4-2-5-11-21)22-12-6-3-7-13-22/h2-19,26H,1H3,(H,29,31)(H,30,32). The van der Waals surface area contributed by atoms with Crippen LogP contribution in [-0.4, -0.2) is 11.8 Å². The molecule has 0 atom stereocenters. The summed E-state index contributed by atoms with van der Waals surface area (Å²) in [6.45, 7) is 1.99. The quantitative estimate of drug-likeness (QED) is 0.401. The second-order valence-corrected chi connectivity index (χ2v) is 7.61. The molecule has 0 fully saturated rings. The Kier molecular flexibility index (Phi) is 6.42. The molecule has 4 nitrogen and oxygen atoms in total. The summed E-state index contributed by atoms with van der Waals surface area (Å²) < 4.78 is 0. The van der Waals surface area contributed by atoms with Crippen LogP contribution >= 0.6 is 0 Å². The van der Waals surface area contributed by atoms with Crippen molar-refractivity contribution in [1.29, 1.82) is 0 Å². The van der Waals surface area contributed by atoms with E-state index in [0.29, 0.717) is 16.9 Å². The molecule has 0 heterocycles. The summed E-state index contributed by atoms with van der Waals surface area (Å²) in [5.41, 5.74) is 4.47. The molecule has 0 aliphatic carbocycles. The van der Waals surface area contributed by atoms with Crippen LogP contribution in [0.2, 0.25) is 0 Å². The predicted molar refractivity (Wildman–Crippen MR) is 129 cm³/mol. The molecule has 2 N–H and O–H groups in total. The van der Waals surface area contributed by atoms with Crippen LogP contribution in [0.15, 0.2) is 109 Å². The lowest BCUT2D eigenvalue weighted by atomic mass is 9.90. The molecule has 4 aromatic carbocycles. The molecule has 4 rings (SSSR count). The first-order valence-corrected chi connectivity index (χ1v) is 10.5. The molecule has 4 heteroatoms. The first-order valence-electron chi connectivity index (χ1n) is 10.5. The van der Waals surface area contributed by atoms with Crippen molar-refractivity contribution < 1.29 is 9.59 Å². The van der Waals surface area contributed by atoms with Crippen LogP contribution in [0.4, 0.5) is 11.4 Å². The van der Waals surface area contributed by atoms with E-state index >= 15 is 0 Å². The Bertz CT molecular complexity index is 1160. The van der Waals surface area contributed by atoms with E-state index in [4.69, 9.17) is 0 Å². The van der Waals surface area contributed by atoms with Crippen LogP contribution in [0.1, 0.15) is 33.0 Å². The molecule has 0 bridgehead atoms. The molecule has 0 unspecified atom stereocenters.